The Morgan fingerprint density at radius 2 is 2.18 bits per heavy atom. The zero-order valence-corrected chi connectivity index (χ0v) is 13.0. The van der Waals surface area contributed by atoms with Gasteiger partial charge in [-0.05, 0) is 19.8 Å². The molecule has 7 nitrogen and oxygen atoms in total. The molecule has 0 aliphatic carbocycles. The summed E-state index contributed by atoms with van der Waals surface area (Å²) in [6.45, 7) is 2.48. The Morgan fingerprint density at radius 1 is 1.41 bits per heavy atom. The fourth-order valence-electron chi connectivity index (χ4n) is 2.16. The number of nitrogens with zero attached hydrogens (tertiary/aromatic N) is 2. The van der Waals surface area contributed by atoms with Gasteiger partial charge in [0.2, 0.25) is 5.91 Å². The molecule has 0 spiro atoms. The quantitative estimate of drug-likeness (QED) is 0.815. The van der Waals surface area contributed by atoms with Gasteiger partial charge in [-0.1, -0.05) is 11.6 Å². The van der Waals surface area contributed by atoms with Gasteiger partial charge in [-0.25, -0.2) is 9.78 Å². The second kappa shape index (κ2) is 8.05. The molecule has 2 unspecified atom stereocenters. The van der Waals surface area contributed by atoms with Crippen LogP contribution in [0.4, 0.5) is 0 Å². The second-order valence-electron chi connectivity index (χ2n) is 4.86. The lowest BCUT2D eigenvalue weighted by atomic mass is 9.97. The van der Waals surface area contributed by atoms with Crippen molar-refractivity contribution in [1.82, 2.24) is 15.3 Å². The molecular weight excluding hydrogens is 310 g/mol. The molecule has 1 aromatic heterocycles. The van der Waals surface area contributed by atoms with Gasteiger partial charge in [0.1, 0.15) is 0 Å². The van der Waals surface area contributed by atoms with Gasteiger partial charge in [0.15, 0.2) is 11.3 Å². The minimum atomic E-state index is -0.571. The molecule has 1 aromatic rings. The zero-order chi connectivity index (χ0) is 15.9. The fourth-order valence-corrected chi connectivity index (χ4v) is 2.33. The molecule has 1 aliphatic heterocycles. The lowest BCUT2D eigenvalue weighted by Crippen LogP contribution is -2.40. The van der Waals surface area contributed by atoms with Crippen molar-refractivity contribution < 1.29 is 19.1 Å². The van der Waals surface area contributed by atoms with Crippen molar-refractivity contribution in [2.24, 2.45) is 5.92 Å². The first-order chi connectivity index (χ1) is 10.6. The summed E-state index contributed by atoms with van der Waals surface area (Å²) in [5, 5.41) is 3.03. The summed E-state index contributed by atoms with van der Waals surface area (Å²) in [7, 11) is 0. The maximum absolute atomic E-state index is 12.1. The van der Waals surface area contributed by atoms with E-state index >= 15 is 0 Å². The summed E-state index contributed by atoms with van der Waals surface area (Å²) >= 11 is 5.88. The Balaban J connectivity index is 1.78. The highest BCUT2D eigenvalue weighted by Gasteiger charge is 2.31. The Labute approximate surface area is 133 Å². The molecule has 1 aliphatic rings. The van der Waals surface area contributed by atoms with E-state index in [-0.39, 0.29) is 36.1 Å². The number of hydrogen-bond donors (Lipinski definition) is 1. The normalized spacial score (nSPS) is 21.2. The molecule has 1 fully saturated rings. The number of esters is 1. The van der Waals surface area contributed by atoms with Crippen LogP contribution in [-0.2, 0) is 25.6 Å². The van der Waals surface area contributed by atoms with Gasteiger partial charge in [0.05, 0.1) is 31.4 Å². The number of carbonyl (C=O) groups excluding carboxylic acids is 2. The predicted molar refractivity (Wildman–Crippen MR) is 78.0 cm³/mol. The average molecular weight is 328 g/mol. The minimum absolute atomic E-state index is 0.149. The molecule has 1 saturated heterocycles. The molecule has 0 aromatic carbocycles. The van der Waals surface area contributed by atoms with Crippen LogP contribution in [0.25, 0.3) is 0 Å². The highest BCUT2D eigenvalue weighted by Crippen LogP contribution is 2.20. The topological polar surface area (TPSA) is 90.4 Å². The molecule has 8 heteroatoms. The summed E-state index contributed by atoms with van der Waals surface area (Å²) in [4.78, 5) is 31.6. The first kappa shape index (κ1) is 16.6. The Morgan fingerprint density at radius 3 is 2.82 bits per heavy atom. The number of aromatic nitrogens is 2. The van der Waals surface area contributed by atoms with E-state index in [1.807, 2.05) is 0 Å². The highest BCUT2D eigenvalue weighted by molar-refractivity contribution is 6.29. The van der Waals surface area contributed by atoms with E-state index in [0.29, 0.717) is 25.1 Å². The molecule has 2 rings (SSSR count). The maximum atomic E-state index is 12.1. The number of rotatable bonds is 5. The van der Waals surface area contributed by atoms with Crippen LogP contribution in [0.2, 0.25) is 5.15 Å². The van der Waals surface area contributed by atoms with Gasteiger partial charge >= 0.3 is 5.97 Å². The largest absolute Gasteiger partial charge is 0.464 e. The number of nitrogens with one attached hydrogen (secondary N) is 1. The molecule has 120 valence electrons. The van der Waals surface area contributed by atoms with Crippen LogP contribution >= 0.6 is 11.6 Å². The fraction of sp³-hybridized carbons (Fsp3) is 0.571. The summed E-state index contributed by atoms with van der Waals surface area (Å²) in [6, 6.07) is 0. The Hall–Kier alpha value is -1.73. The first-order valence-electron chi connectivity index (χ1n) is 7.13. The second-order valence-corrected chi connectivity index (χ2v) is 5.22. The van der Waals surface area contributed by atoms with E-state index in [0.717, 1.165) is 0 Å². The van der Waals surface area contributed by atoms with E-state index in [9.17, 15) is 9.59 Å². The third-order valence-electron chi connectivity index (χ3n) is 3.35. The standard InChI is InChI=1S/C14H18ClN3O4/c1-2-21-14(20)11-4-3-9(8-22-11)13(19)18-7-10-12(15)17-6-5-16-10/h5-6,9,11H,2-4,7-8H2,1H3,(H,18,19). The summed E-state index contributed by atoms with van der Waals surface area (Å²) in [5.74, 6) is -0.808. The van der Waals surface area contributed by atoms with E-state index in [2.05, 4.69) is 15.3 Å². The smallest absolute Gasteiger partial charge is 0.335 e. The van der Waals surface area contributed by atoms with Gasteiger partial charge in [0, 0.05) is 12.4 Å². The van der Waals surface area contributed by atoms with Crippen LogP contribution in [0.15, 0.2) is 12.4 Å². The van der Waals surface area contributed by atoms with Gasteiger partial charge in [-0.3, -0.25) is 9.78 Å². The van der Waals surface area contributed by atoms with Crippen LogP contribution < -0.4 is 5.32 Å². The number of carbonyl (C=O) groups is 2. The van der Waals surface area contributed by atoms with Crippen molar-refractivity contribution >= 4 is 23.5 Å². The van der Waals surface area contributed by atoms with Crippen LogP contribution in [0, 0.1) is 5.92 Å². The van der Waals surface area contributed by atoms with Crippen LogP contribution in [-0.4, -0.2) is 41.2 Å². The van der Waals surface area contributed by atoms with Gasteiger partial charge in [-0.15, -0.1) is 0 Å². The third-order valence-corrected chi connectivity index (χ3v) is 3.67. The van der Waals surface area contributed by atoms with Crippen molar-refractivity contribution in [2.75, 3.05) is 13.2 Å². The molecule has 2 heterocycles. The number of hydrogen-bond acceptors (Lipinski definition) is 6. The van der Waals surface area contributed by atoms with Gasteiger partial charge < -0.3 is 14.8 Å². The molecule has 0 saturated carbocycles. The maximum Gasteiger partial charge on any atom is 0.335 e. The lowest BCUT2D eigenvalue weighted by Gasteiger charge is -2.26. The summed E-state index contributed by atoms with van der Waals surface area (Å²) in [5.41, 5.74) is 0.513. The van der Waals surface area contributed by atoms with Gasteiger partial charge in [-0.2, -0.15) is 0 Å². The molecule has 2 atom stereocenters. The predicted octanol–water partition coefficient (Wildman–Crippen LogP) is 1.10. The van der Waals surface area contributed by atoms with E-state index in [1.165, 1.54) is 12.4 Å². The summed E-state index contributed by atoms with van der Waals surface area (Å²) in [6.07, 6.45) is 3.48. The van der Waals surface area contributed by atoms with Gasteiger partial charge in [0.25, 0.3) is 0 Å². The average Bonchev–Trinajstić information content (AvgIpc) is 2.54. The summed E-state index contributed by atoms with van der Waals surface area (Å²) < 4.78 is 10.3. The van der Waals surface area contributed by atoms with Crippen LogP contribution in [0.1, 0.15) is 25.5 Å². The van der Waals surface area contributed by atoms with Crippen LogP contribution in [0.5, 0.6) is 0 Å². The van der Waals surface area contributed by atoms with Crippen molar-refractivity contribution in [3.63, 3.8) is 0 Å². The zero-order valence-electron chi connectivity index (χ0n) is 12.3. The third kappa shape index (κ3) is 4.38. The first-order valence-corrected chi connectivity index (χ1v) is 7.51. The monoisotopic (exact) mass is 327 g/mol. The van der Waals surface area contributed by atoms with Crippen molar-refractivity contribution in [1.29, 1.82) is 0 Å². The van der Waals surface area contributed by atoms with Crippen LogP contribution in [0.3, 0.4) is 0 Å². The highest BCUT2D eigenvalue weighted by atomic mass is 35.5. The van der Waals surface area contributed by atoms with Crippen molar-refractivity contribution in [3.8, 4) is 0 Å². The molecule has 0 bridgehead atoms. The Bertz CT molecular complexity index is 533. The number of halogens is 1. The number of ether oxygens (including phenoxy) is 2. The van der Waals surface area contributed by atoms with Crippen molar-refractivity contribution in [2.45, 2.75) is 32.4 Å². The van der Waals surface area contributed by atoms with Crippen molar-refractivity contribution in [3.05, 3.63) is 23.2 Å². The SMILES string of the molecule is CCOC(=O)C1CCC(C(=O)NCc2nccnc2Cl)CO1. The molecule has 1 N–H and O–H groups in total. The number of amides is 1. The molecule has 1 amide bonds. The molecule has 22 heavy (non-hydrogen) atoms. The minimum Gasteiger partial charge on any atom is -0.464 e. The lowest BCUT2D eigenvalue weighted by molar-refractivity contribution is -0.163. The van der Waals surface area contributed by atoms with E-state index < -0.39 is 6.10 Å². The molecular formula is C14H18ClN3O4. The Kier molecular flexibility index (Phi) is 6.09. The molecule has 0 radical (unpaired) electrons. The van der Waals surface area contributed by atoms with E-state index in [4.69, 9.17) is 21.1 Å². The van der Waals surface area contributed by atoms with E-state index in [1.54, 1.807) is 6.92 Å².